The van der Waals surface area contributed by atoms with Gasteiger partial charge in [-0.25, -0.2) is 9.59 Å². The number of alkyl carbamates (subject to hydrolysis) is 1. The molecule has 2 aromatic rings. The lowest BCUT2D eigenvalue weighted by molar-refractivity contribution is -0.149. The highest BCUT2D eigenvalue weighted by Gasteiger charge is 2.30. The lowest BCUT2D eigenvalue weighted by Gasteiger charge is -2.24. The van der Waals surface area contributed by atoms with Gasteiger partial charge in [0.25, 0.3) is 0 Å². The minimum Gasteiger partial charge on any atom is -0.459 e. The lowest BCUT2D eigenvalue weighted by Crippen LogP contribution is -2.54. The third-order valence-corrected chi connectivity index (χ3v) is 4.52. The Kier molecular flexibility index (Phi) is 9.61. The molecule has 34 heavy (non-hydrogen) atoms. The van der Waals surface area contributed by atoms with E-state index in [0.29, 0.717) is 0 Å². The molecule has 2 rings (SSSR count). The standard InChI is InChI=1S/C25H31N3O6/c1-25(2,3)34-24(32)28-19(15-21(26)29)22(30)27-20(14-17-10-6-4-7-11-17)23(31)33-16-18-12-8-5-9-13-18/h4-13,19-20H,14-16H2,1-3H3,(H2,26,29)(H,27,30)(H,28,32)/t19-,20-/m1/s1. The molecule has 182 valence electrons. The van der Waals surface area contributed by atoms with Crippen LogP contribution in [0.1, 0.15) is 38.3 Å². The SMILES string of the molecule is CC(C)(C)OC(=O)N[C@H](CC(N)=O)C(=O)N[C@H](Cc1ccccc1)C(=O)OCc1ccccc1. The van der Waals surface area contributed by atoms with Crippen LogP contribution in [0.25, 0.3) is 0 Å². The van der Waals surface area contributed by atoms with Gasteiger partial charge in [0.15, 0.2) is 0 Å². The number of carbonyl (C=O) groups excluding carboxylic acids is 4. The first-order valence-corrected chi connectivity index (χ1v) is 10.9. The van der Waals surface area contributed by atoms with E-state index in [1.54, 1.807) is 20.8 Å². The van der Waals surface area contributed by atoms with Crippen molar-refractivity contribution in [1.82, 2.24) is 10.6 Å². The van der Waals surface area contributed by atoms with Gasteiger partial charge in [-0.15, -0.1) is 0 Å². The smallest absolute Gasteiger partial charge is 0.408 e. The number of carbonyl (C=O) groups is 4. The molecule has 2 aromatic carbocycles. The van der Waals surface area contributed by atoms with E-state index in [9.17, 15) is 19.2 Å². The molecule has 3 amide bonds. The number of amides is 3. The van der Waals surface area contributed by atoms with Crippen LogP contribution >= 0.6 is 0 Å². The first kappa shape index (κ1) is 26.4. The molecule has 0 aromatic heterocycles. The minimum absolute atomic E-state index is 0.0295. The predicted octanol–water partition coefficient (Wildman–Crippen LogP) is 2.23. The van der Waals surface area contributed by atoms with Gasteiger partial charge in [0, 0.05) is 6.42 Å². The number of esters is 1. The summed E-state index contributed by atoms with van der Waals surface area (Å²) < 4.78 is 10.6. The maximum Gasteiger partial charge on any atom is 0.408 e. The second-order valence-corrected chi connectivity index (χ2v) is 8.71. The second-order valence-electron chi connectivity index (χ2n) is 8.71. The number of benzene rings is 2. The highest BCUT2D eigenvalue weighted by molar-refractivity contribution is 5.93. The largest absolute Gasteiger partial charge is 0.459 e. The van der Waals surface area contributed by atoms with E-state index in [1.165, 1.54) is 0 Å². The molecule has 0 aliphatic carbocycles. The van der Waals surface area contributed by atoms with Crippen LogP contribution in [-0.2, 0) is 36.9 Å². The second kappa shape index (κ2) is 12.4. The molecule has 0 unspecified atom stereocenters. The van der Waals surface area contributed by atoms with Crippen LogP contribution in [0.4, 0.5) is 4.79 Å². The van der Waals surface area contributed by atoms with Crippen molar-refractivity contribution < 1.29 is 28.7 Å². The van der Waals surface area contributed by atoms with Gasteiger partial charge in [-0.2, -0.15) is 0 Å². The van der Waals surface area contributed by atoms with Crippen molar-refractivity contribution in [2.45, 2.75) is 57.9 Å². The highest BCUT2D eigenvalue weighted by atomic mass is 16.6. The summed E-state index contributed by atoms with van der Waals surface area (Å²) in [4.78, 5) is 49.5. The number of ether oxygens (including phenoxy) is 2. The fraction of sp³-hybridized carbons (Fsp3) is 0.360. The van der Waals surface area contributed by atoms with Gasteiger partial charge in [-0.05, 0) is 31.9 Å². The maximum absolute atomic E-state index is 13.0. The Morgan fingerprint density at radius 3 is 1.94 bits per heavy atom. The number of primary amides is 1. The zero-order valence-electron chi connectivity index (χ0n) is 19.6. The Bertz CT molecular complexity index is 973. The Balaban J connectivity index is 2.14. The van der Waals surface area contributed by atoms with E-state index in [4.69, 9.17) is 15.2 Å². The first-order valence-electron chi connectivity index (χ1n) is 10.9. The lowest BCUT2D eigenvalue weighted by atomic mass is 10.0. The maximum atomic E-state index is 13.0. The summed E-state index contributed by atoms with van der Waals surface area (Å²) in [6.45, 7) is 5.01. The number of hydrogen-bond donors (Lipinski definition) is 3. The van der Waals surface area contributed by atoms with Crippen LogP contribution in [0.3, 0.4) is 0 Å². The minimum atomic E-state index is -1.33. The third-order valence-electron chi connectivity index (χ3n) is 4.52. The number of rotatable bonds is 10. The zero-order valence-corrected chi connectivity index (χ0v) is 19.6. The molecule has 0 aliphatic rings. The van der Waals surface area contributed by atoms with Crippen molar-refractivity contribution in [3.63, 3.8) is 0 Å². The highest BCUT2D eigenvalue weighted by Crippen LogP contribution is 2.10. The molecule has 0 aliphatic heterocycles. The zero-order chi connectivity index (χ0) is 25.1. The summed E-state index contributed by atoms with van der Waals surface area (Å²) in [5, 5.41) is 4.93. The summed E-state index contributed by atoms with van der Waals surface area (Å²) in [6.07, 6.45) is -1.21. The molecule has 9 nitrogen and oxygen atoms in total. The van der Waals surface area contributed by atoms with Gasteiger partial charge in [-0.3, -0.25) is 9.59 Å². The van der Waals surface area contributed by atoms with Crippen molar-refractivity contribution in [3.8, 4) is 0 Å². The molecule has 0 fully saturated rings. The van der Waals surface area contributed by atoms with Crippen molar-refractivity contribution in [3.05, 3.63) is 71.8 Å². The van der Waals surface area contributed by atoms with E-state index in [-0.39, 0.29) is 13.0 Å². The molecule has 2 atom stereocenters. The average molecular weight is 470 g/mol. The predicted molar refractivity (Wildman–Crippen MR) is 125 cm³/mol. The molecule has 0 saturated carbocycles. The monoisotopic (exact) mass is 469 g/mol. The van der Waals surface area contributed by atoms with Crippen molar-refractivity contribution in [2.75, 3.05) is 0 Å². The number of hydrogen-bond acceptors (Lipinski definition) is 6. The van der Waals surface area contributed by atoms with Gasteiger partial charge in [0.1, 0.15) is 24.3 Å². The Labute approximate surface area is 199 Å². The average Bonchev–Trinajstić information content (AvgIpc) is 2.76. The van der Waals surface area contributed by atoms with Gasteiger partial charge in [0.05, 0.1) is 6.42 Å². The van der Waals surface area contributed by atoms with Crippen molar-refractivity contribution >= 4 is 23.9 Å². The molecule has 0 heterocycles. The molecule has 0 spiro atoms. The van der Waals surface area contributed by atoms with Crippen LogP contribution in [0.2, 0.25) is 0 Å². The van der Waals surface area contributed by atoms with Gasteiger partial charge >= 0.3 is 12.1 Å². The number of nitrogens with one attached hydrogen (secondary N) is 2. The van der Waals surface area contributed by atoms with Gasteiger partial charge in [-0.1, -0.05) is 60.7 Å². The fourth-order valence-electron chi connectivity index (χ4n) is 3.00. The van der Waals surface area contributed by atoms with Crippen LogP contribution in [0.5, 0.6) is 0 Å². The summed E-state index contributed by atoms with van der Waals surface area (Å²) in [5.74, 6) is -2.22. The molecule has 0 bridgehead atoms. The van der Waals surface area contributed by atoms with Crippen LogP contribution in [-0.4, -0.2) is 41.6 Å². The quantitative estimate of drug-likeness (QED) is 0.457. The third kappa shape index (κ3) is 9.72. The van der Waals surface area contributed by atoms with Crippen LogP contribution in [0.15, 0.2) is 60.7 Å². The molecular formula is C25H31N3O6. The molecule has 0 saturated heterocycles. The molecular weight excluding hydrogens is 438 g/mol. The number of nitrogens with two attached hydrogens (primary N) is 1. The van der Waals surface area contributed by atoms with E-state index >= 15 is 0 Å². The van der Waals surface area contributed by atoms with E-state index in [0.717, 1.165) is 11.1 Å². The first-order chi connectivity index (χ1) is 16.0. The van der Waals surface area contributed by atoms with Crippen LogP contribution < -0.4 is 16.4 Å². The summed E-state index contributed by atoms with van der Waals surface area (Å²) in [5.41, 5.74) is 6.03. The summed E-state index contributed by atoms with van der Waals surface area (Å²) >= 11 is 0. The van der Waals surface area contributed by atoms with Crippen LogP contribution in [0, 0.1) is 0 Å². The van der Waals surface area contributed by atoms with Gasteiger partial charge < -0.3 is 25.8 Å². The Morgan fingerprint density at radius 1 is 0.853 bits per heavy atom. The normalized spacial score (nSPS) is 12.7. The van der Waals surface area contributed by atoms with Gasteiger partial charge in [0.2, 0.25) is 11.8 Å². The molecule has 4 N–H and O–H groups in total. The summed E-state index contributed by atoms with van der Waals surface area (Å²) in [6, 6.07) is 15.8. The summed E-state index contributed by atoms with van der Waals surface area (Å²) in [7, 11) is 0. The van der Waals surface area contributed by atoms with E-state index in [2.05, 4.69) is 10.6 Å². The van der Waals surface area contributed by atoms with Crippen molar-refractivity contribution in [1.29, 1.82) is 0 Å². The Morgan fingerprint density at radius 2 is 1.41 bits per heavy atom. The van der Waals surface area contributed by atoms with E-state index < -0.39 is 48.0 Å². The topological polar surface area (TPSA) is 137 Å². The fourth-order valence-corrected chi connectivity index (χ4v) is 3.00. The Hall–Kier alpha value is -3.88. The molecule has 9 heteroatoms. The van der Waals surface area contributed by atoms with Crippen molar-refractivity contribution in [2.24, 2.45) is 5.73 Å². The molecule has 0 radical (unpaired) electrons. The van der Waals surface area contributed by atoms with E-state index in [1.807, 2.05) is 60.7 Å².